The summed E-state index contributed by atoms with van der Waals surface area (Å²) in [7, 11) is 0. The third-order valence-electron chi connectivity index (χ3n) is 4.08. The molecule has 0 aliphatic rings. The van der Waals surface area contributed by atoms with Gasteiger partial charge in [0.25, 0.3) is 0 Å². The molecule has 1 atom stereocenters. The Labute approximate surface area is 153 Å². The quantitative estimate of drug-likeness (QED) is 0.684. The zero-order valence-electron chi connectivity index (χ0n) is 14.3. The topological polar surface area (TPSA) is 29.1 Å². The molecule has 126 valence electrons. The Morgan fingerprint density at radius 2 is 1.71 bits per heavy atom. The minimum Gasteiger partial charge on any atom is -0.346 e. The van der Waals surface area contributed by atoms with Crippen molar-refractivity contribution in [2.75, 3.05) is 0 Å². The number of rotatable bonds is 4. The first-order valence-corrected chi connectivity index (χ1v) is 8.55. The number of hydrogen-bond donors (Lipinski definition) is 1. The summed E-state index contributed by atoms with van der Waals surface area (Å²) in [6.45, 7) is 8.22. The molecule has 2 aromatic rings. The lowest BCUT2D eigenvalue weighted by Gasteiger charge is -2.17. The molecule has 0 spiro atoms. The molecule has 0 aliphatic carbocycles. The van der Waals surface area contributed by atoms with Crippen molar-refractivity contribution in [3.63, 3.8) is 0 Å². The molecule has 1 unspecified atom stereocenters. The Balaban J connectivity index is 2.09. The largest absolute Gasteiger partial charge is 0.346 e. The molecule has 0 saturated carbocycles. The molecule has 0 radical (unpaired) electrons. The van der Waals surface area contributed by atoms with Crippen molar-refractivity contribution < 1.29 is 4.79 Å². The van der Waals surface area contributed by atoms with Gasteiger partial charge in [-0.2, -0.15) is 0 Å². The molecule has 2 rings (SSSR count). The summed E-state index contributed by atoms with van der Waals surface area (Å²) < 4.78 is 0. The average molecular weight is 362 g/mol. The fourth-order valence-electron chi connectivity index (χ4n) is 2.59. The highest BCUT2D eigenvalue weighted by Crippen LogP contribution is 2.23. The normalized spacial score (nSPS) is 12.4. The van der Waals surface area contributed by atoms with E-state index in [1.807, 2.05) is 6.92 Å². The summed E-state index contributed by atoms with van der Waals surface area (Å²) in [4.78, 5) is 12.2. The van der Waals surface area contributed by atoms with E-state index in [9.17, 15) is 4.79 Å². The summed E-state index contributed by atoms with van der Waals surface area (Å²) in [6, 6.07) is 9.40. The van der Waals surface area contributed by atoms with Crippen molar-refractivity contribution in [2.45, 2.75) is 33.7 Å². The first-order valence-electron chi connectivity index (χ1n) is 7.79. The third-order valence-corrected chi connectivity index (χ3v) is 4.65. The Morgan fingerprint density at radius 3 is 2.38 bits per heavy atom. The number of amides is 1. The highest BCUT2D eigenvalue weighted by atomic mass is 35.5. The molecule has 0 aromatic heterocycles. The van der Waals surface area contributed by atoms with Crippen LogP contribution in [-0.4, -0.2) is 5.91 Å². The van der Waals surface area contributed by atoms with Gasteiger partial charge in [0.2, 0.25) is 5.91 Å². The smallest absolute Gasteiger partial charge is 0.244 e. The second-order valence-electron chi connectivity index (χ2n) is 6.02. The average Bonchev–Trinajstić information content (AvgIpc) is 2.50. The number of benzene rings is 2. The molecule has 0 aliphatic heterocycles. The number of carbonyl (C=O) groups is 1. The monoisotopic (exact) mass is 361 g/mol. The van der Waals surface area contributed by atoms with Crippen molar-refractivity contribution >= 4 is 35.2 Å². The molecule has 0 heterocycles. The van der Waals surface area contributed by atoms with Crippen LogP contribution in [-0.2, 0) is 4.79 Å². The van der Waals surface area contributed by atoms with Crippen molar-refractivity contribution in [1.82, 2.24) is 5.32 Å². The lowest BCUT2D eigenvalue weighted by atomic mass is 9.96. The van der Waals surface area contributed by atoms with Gasteiger partial charge in [0.1, 0.15) is 0 Å². The molecule has 2 nitrogen and oxygen atoms in total. The SMILES string of the molecule is Cc1cc(C)c(C(C)NC(=O)/C=C/c2ccc(Cl)cc2Cl)cc1C. The predicted molar refractivity (Wildman–Crippen MR) is 103 cm³/mol. The van der Waals surface area contributed by atoms with Gasteiger partial charge in [0.05, 0.1) is 6.04 Å². The van der Waals surface area contributed by atoms with Crippen LogP contribution in [0.1, 0.15) is 40.8 Å². The maximum atomic E-state index is 12.2. The molecule has 1 amide bonds. The number of hydrogen-bond acceptors (Lipinski definition) is 1. The van der Waals surface area contributed by atoms with Gasteiger partial charge >= 0.3 is 0 Å². The fourth-order valence-corrected chi connectivity index (χ4v) is 3.06. The van der Waals surface area contributed by atoms with Gasteiger partial charge in [-0.1, -0.05) is 41.4 Å². The Morgan fingerprint density at radius 1 is 1.04 bits per heavy atom. The number of nitrogens with one attached hydrogen (secondary N) is 1. The fraction of sp³-hybridized carbons (Fsp3) is 0.250. The Hall–Kier alpha value is -1.77. The van der Waals surface area contributed by atoms with Crippen LogP contribution in [0.2, 0.25) is 10.0 Å². The summed E-state index contributed by atoms with van der Waals surface area (Å²) in [5.74, 6) is -0.161. The Bertz CT molecular complexity index is 796. The molecule has 0 fully saturated rings. The standard InChI is InChI=1S/C20H21Cl2NO/c1-12-9-14(3)18(10-13(12)2)15(4)23-20(24)8-6-16-5-7-17(21)11-19(16)22/h5-11,15H,1-4H3,(H,23,24)/b8-6+. The van der Waals surface area contributed by atoms with E-state index in [1.165, 1.54) is 22.8 Å². The molecule has 24 heavy (non-hydrogen) atoms. The molecule has 4 heteroatoms. The van der Waals surface area contributed by atoms with Crippen molar-refractivity contribution in [3.8, 4) is 0 Å². The van der Waals surface area contributed by atoms with Crippen LogP contribution >= 0.6 is 23.2 Å². The lowest BCUT2D eigenvalue weighted by Crippen LogP contribution is -2.25. The number of carbonyl (C=O) groups excluding carboxylic acids is 1. The number of aryl methyl sites for hydroxylation is 3. The van der Waals surface area contributed by atoms with E-state index in [0.29, 0.717) is 10.0 Å². The van der Waals surface area contributed by atoms with Crippen molar-refractivity contribution in [3.05, 3.63) is 74.3 Å². The Kier molecular flexibility index (Phi) is 6.09. The molecular weight excluding hydrogens is 341 g/mol. The predicted octanol–water partition coefficient (Wildman–Crippen LogP) is 5.81. The van der Waals surface area contributed by atoms with Crippen LogP contribution in [0.5, 0.6) is 0 Å². The van der Waals surface area contributed by atoms with E-state index in [-0.39, 0.29) is 11.9 Å². The van der Waals surface area contributed by atoms with Gasteiger partial charge in [-0.25, -0.2) is 0 Å². The van der Waals surface area contributed by atoms with E-state index >= 15 is 0 Å². The molecule has 0 bridgehead atoms. The van der Waals surface area contributed by atoms with Crippen molar-refractivity contribution in [2.24, 2.45) is 0 Å². The summed E-state index contributed by atoms with van der Waals surface area (Å²) in [6.07, 6.45) is 3.18. The van der Waals surface area contributed by atoms with Gasteiger partial charge < -0.3 is 5.32 Å². The van der Waals surface area contributed by atoms with Crippen LogP contribution in [0.15, 0.2) is 36.4 Å². The summed E-state index contributed by atoms with van der Waals surface area (Å²) in [5, 5.41) is 4.08. The third kappa shape index (κ3) is 4.62. The maximum Gasteiger partial charge on any atom is 0.244 e. The van der Waals surface area contributed by atoms with Gasteiger partial charge in [0.15, 0.2) is 0 Å². The lowest BCUT2D eigenvalue weighted by molar-refractivity contribution is -0.117. The van der Waals surface area contributed by atoms with E-state index < -0.39 is 0 Å². The van der Waals surface area contributed by atoms with Gasteiger partial charge in [-0.15, -0.1) is 0 Å². The molecular formula is C20H21Cl2NO. The van der Waals surface area contributed by atoms with E-state index in [2.05, 4.69) is 38.2 Å². The molecule has 2 aromatic carbocycles. The van der Waals surface area contributed by atoms with Gasteiger partial charge in [0, 0.05) is 16.1 Å². The summed E-state index contributed by atoms with van der Waals surface area (Å²) in [5.41, 5.74) is 5.54. The van der Waals surface area contributed by atoms with Crippen LogP contribution in [0.3, 0.4) is 0 Å². The minimum absolute atomic E-state index is 0.0675. The van der Waals surface area contributed by atoms with Gasteiger partial charge in [-0.3, -0.25) is 4.79 Å². The first-order chi connectivity index (χ1) is 11.3. The van der Waals surface area contributed by atoms with Crippen LogP contribution < -0.4 is 5.32 Å². The zero-order valence-corrected chi connectivity index (χ0v) is 15.8. The first kappa shape index (κ1) is 18.6. The second kappa shape index (κ2) is 7.87. The summed E-state index contributed by atoms with van der Waals surface area (Å²) >= 11 is 12.0. The minimum atomic E-state index is -0.161. The molecule has 1 N–H and O–H groups in total. The molecule has 0 saturated heterocycles. The van der Waals surface area contributed by atoms with Crippen molar-refractivity contribution in [1.29, 1.82) is 0 Å². The van der Waals surface area contributed by atoms with Gasteiger partial charge in [-0.05, 0) is 73.7 Å². The highest BCUT2D eigenvalue weighted by Gasteiger charge is 2.11. The van der Waals surface area contributed by atoms with Crippen LogP contribution in [0.4, 0.5) is 0 Å². The second-order valence-corrected chi connectivity index (χ2v) is 6.87. The van der Waals surface area contributed by atoms with E-state index in [4.69, 9.17) is 23.2 Å². The van der Waals surface area contributed by atoms with Crippen LogP contribution in [0.25, 0.3) is 6.08 Å². The van der Waals surface area contributed by atoms with Crippen LogP contribution in [0, 0.1) is 20.8 Å². The van der Waals surface area contributed by atoms with E-state index in [0.717, 1.165) is 11.1 Å². The highest BCUT2D eigenvalue weighted by molar-refractivity contribution is 6.35. The van der Waals surface area contributed by atoms with E-state index in [1.54, 1.807) is 24.3 Å². The maximum absolute atomic E-state index is 12.2. The number of halogens is 2. The zero-order chi connectivity index (χ0) is 17.9.